The molecule has 0 spiro atoms. The molecule has 23 heavy (non-hydrogen) atoms. The lowest BCUT2D eigenvalue weighted by atomic mass is 9.91. The second-order valence-electron chi connectivity index (χ2n) is 5.45. The van der Waals surface area contributed by atoms with E-state index in [9.17, 15) is 4.79 Å². The van der Waals surface area contributed by atoms with Crippen LogP contribution in [0.25, 0.3) is 0 Å². The SMILES string of the molecule is O=C(NNc1nccnc1Cl)N1CCCC(c2ccccc2)C1. The van der Waals surface area contributed by atoms with E-state index < -0.39 is 0 Å². The number of nitrogens with zero attached hydrogens (tertiary/aromatic N) is 3. The number of piperidine rings is 1. The van der Waals surface area contributed by atoms with Gasteiger partial charge in [0.25, 0.3) is 0 Å². The van der Waals surface area contributed by atoms with E-state index in [4.69, 9.17) is 11.6 Å². The molecule has 1 fully saturated rings. The molecule has 1 aliphatic heterocycles. The van der Waals surface area contributed by atoms with Crippen molar-refractivity contribution >= 4 is 23.4 Å². The Morgan fingerprint density at radius 1 is 1.22 bits per heavy atom. The average molecular weight is 332 g/mol. The highest BCUT2D eigenvalue weighted by molar-refractivity contribution is 6.31. The molecule has 120 valence electrons. The first-order valence-corrected chi connectivity index (χ1v) is 7.94. The summed E-state index contributed by atoms with van der Waals surface area (Å²) in [7, 11) is 0. The minimum Gasteiger partial charge on any atom is -0.323 e. The normalized spacial score (nSPS) is 17.6. The molecular weight excluding hydrogens is 314 g/mol. The molecule has 2 aromatic rings. The molecule has 3 rings (SSSR count). The van der Waals surface area contributed by atoms with Crippen LogP contribution in [-0.4, -0.2) is 34.0 Å². The van der Waals surface area contributed by atoms with E-state index >= 15 is 0 Å². The lowest BCUT2D eigenvalue weighted by molar-refractivity contribution is 0.181. The molecule has 2 N–H and O–H groups in total. The summed E-state index contributed by atoms with van der Waals surface area (Å²) in [6.45, 7) is 1.44. The Labute approximate surface area is 139 Å². The van der Waals surface area contributed by atoms with Crippen molar-refractivity contribution in [3.8, 4) is 0 Å². The summed E-state index contributed by atoms with van der Waals surface area (Å²) in [5.74, 6) is 0.704. The Morgan fingerprint density at radius 2 is 2.00 bits per heavy atom. The first-order chi connectivity index (χ1) is 11.2. The topological polar surface area (TPSA) is 70.1 Å². The number of carbonyl (C=O) groups is 1. The fraction of sp³-hybridized carbons (Fsp3) is 0.312. The van der Waals surface area contributed by atoms with Crippen LogP contribution in [-0.2, 0) is 0 Å². The first-order valence-electron chi connectivity index (χ1n) is 7.56. The largest absolute Gasteiger partial charge is 0.336 e. The van der Waals surface area contributed by atoms with E-state index in [-0.39, 0.29) is 11.2 Å². The zero-order valence-corrected chi connectivity index (χ0v) is 13.3. The summed E-state index contributed by atoms with van der Waals surface area (Å²) < 4.78 is 0. The minimum atomic E-state index is -0.188. The second kappa shape index (κ2) is 7.28. The molecule has 1 saturated heterocycles. The highest BCUT2D eigenvalue weighted by Crippen LogP contribution is 2.26. The minimum absolute atomic E-state index is 0.188. The number of benzene rings is 1. The predicted molar refractivity (Wildman–Crippen MR) is 89.2 cm³/mol. The Kier molecular flexibility index (Phi) is 4.92. The fourth-order valence-corrected chi connectivity index (χ4v) is 2.91. The third-order valence-corrected chi connectivity index (χ3v) is 4.20. The van der Waals surface area contributed by atoms with E-state index in [1.165, 1.54) is 18.0 Å². The maximum absolute atomic E-state index is 12.3. The van der Waals surface area contributed by atoms with Crippen LogP contribution in [0, 0.1) is 0 Å². The number of anilines is 1. The van der Waals surface area contributed by atoms with Crippen LogP contribution in [0.15, 0.2) is 42.7 Å². The molecule has 0 bridgehead atoms. The molecular formula is C16H18ClN5O. The molecule has 0 saturated carbocycles. The van der Waals surface area contributed by atoms with E-state index in [1.807, 2.05) is 18.2 Å². The van der Waals surface area contributed by atoms with Gasteiger partial charge in [-0.1, -0.05) is 41.9 Å². The highest BCUT2D eigenvalue weighted by Gasteiger charge is 2.24. The molecule has 1 aromatic carbocycles. The summed E-state index contributed by atoms with van der Waals surface area (Å²) in [4.78, 5) is 22.0. The molecule has 1 atom stereocenters. The van der Waals surface area contributed by atoms with Gasteiger partial charge >= 0.3 is 6.03 Å². The maximum atomic E-state index is 12.3. The van der Waals surface area contributed by atoms with E-state index in [0.29, 0.717) is 18.3 Å². The number of likely N-dealkylation sites (tertiary alicyclic amines) is 1. The van der Waals surface area contributed by atoms with E-state index in [2.05, 4.69) is 33.0 Å². The van der Waals surface area contributed by atoms with Gasteiger partial charge in [-0.3, -0.25) is 10.9 Å². The third kappa shape index (κ3) is 3.90. The standard InChI is InChI=1S/C16H18ClN5O/c17-14-15(19-9-8-18-14)20-21-16(23)22-10-4-7-13(11-22)12-5-2-1-3-6-12/h1-3,5-6,8-9,13H,4,7,10-11H2,(H,19,20)(H,21,23). The van der Waals surface area contributed by atoms with Gasteiger partial charge in [-0.05, 0) is 18.4 Å². The number of hydrogen-bond donors (Lipinski definition) is 2. The van der Waals surface area contributed by atoms with Gasteiger partial charge in [-0.2, -0.15) is 0 Å². The van der Waals surface area contributed by atoms with Gasteiger partial charge in [0.05, 0.1) is 0 Å². The van der Waals surface area contributed by atoms with Crippen molar-refractivity contribution in [3.63, 3.8) is 0 Å². The number of urea groups is 1. The molecule has 7 heteroatoms. The smallest absolute Gasteiger partial charge is 0.323 e. The molecule has 1 aromatic heterocycles. The quantitative estimate of drug-likeness (QED) is 0.848. The number of carbonyl (C=O) groups excluding carboxylic acids is 1. The Bertz CT molecular complexity index is 667. The molecule has 0 aliphatic carbocycles. The summed E-state index contributed by atoms with van der Waals surface area (Å²) in [6.07, 6.45) is 5.08. The van der Waals surface area contributed by atoms with Gasteiger partial charge in [0.2, 0.25) is 0 Å². The summed E-state index contributed by atoms with van der Waals surface area (Å²) in [5, 5.41) is 0.216. The molecule has 2 heterocycles. The van der Waals surface area contributed by atoms with Crippen molar-refractivity contribution in [1.29, 1.82) is 0 Å². The number of amides is 2. The van der Waals surface area contributed by atoms with E-state index in [1.54, 1.807) is 4.90 Å². The van der Waals surface area contributed by atoms with Crippen molar-refractivity contribution in [1.82, 2.24) is 20.3 Å². The van der Waals surface area contributed by atoms with Gasteiger partial charge in [-0.15, -0.1) is 0 Å². The van der Waals surface area contributed by atoms with Gasteiger partial charge in [0, 0.05) is 31.4 Å². The number of halogens is 1. The lowest BCUT2D eigenvalue weighted by Gasteiger charge is -2.33. The Balaban J connectivity index is 1.58. The van der Waals surface area contributed by atoms with Crippen LogP contribution in [0.5, 0.6) is 0 Å². The summed E-state index contributed by atoms with van der Waals surface area (Å²) >= 11 is 5.90. The summed E-state index contributed by atoms with van der Waals surface area (Å²) in [5.41, 5.74) is 6.62. The van der Waals surface area contributed by atoms with Crippen molar-refractivity contribution in [2.75, 3.05) is 18.5 Å². The highest BCUT2D eigenvalue weighted by atomic mass is 35.5. The van der Waals surface area contributed by atoms with Crippen molar-refractivity contribution < 1.29 is 4.79 Å². The monoisotopic (exact) mass is 331 g/mol. The molecule has 1 unspecified atom stereocenters. The number of rotatable bonds is 3. The average Bonchev–Trinajstić information content (AvgIpc) is 2.62. The number of hydrazine groups is 1. The molecule has 1 aliphatic rings. The zero-order chi connectivity index (χ0) is 16.1. The summed E-state index contributed by atoms with van der Waals surface area (Å²) in [6, 6.07) is 10.1. The lowest BCUT2D eigenvalue weighted by Crippen LogP contribution is -2.46. The van der Waals surface area contributed by atoms with Crippen LogP contribution < -0.4 is 10.9 Å². The second-order valence-corrected chi connectivity index (χ2v) is 5.80. The van der Waals surface area contributed by atoms with Crippen molar-refractivity contribution in [3.05, 3.63) is 53.4 Å². The van der Waals surface area contributed by atoms with Gasteiger partial charge in [-0.25, -0.2) is 14.8 Å². The third-order valence-electron chi connectivity index (χ3n) is 3.92. The van der Waals surface area contributed by atoms with Crippen molar-refractivity contribution in [2.24, 2.45) is 0 Å². The van der Waals surface area contributed by atoms with Crippen LogP contribution in [0.1, 0.15) is 24.3 Å². The predicted octanol–water partition coefficient (Wildman–Crippen LogP) is 3.05. The van der Waals surface area contributed by atoms with Crippen LogP contribution >= 0.6 is 11.6 Å². The Hall–Kier alpha value is -2.34. The number of aromatic nitrogens is 2. The van der Waals surface area contributed by atoms with Crippen LogP contribution in [0.4, 0.5) is 10.6 Å². The van der Waals surface area contributed by atoms with Crippen LogP contribution in [0.3, 0.4) is 0 Å². The Morgan fingerprint density at radius 3 is 2.78 bits per heavy atom. The van der Waals surface area contributed by atoms with E-state index in [0.717, 1.165) is 19.4 Å². The molecule has 6 nitrogen and oxygen atoms in total. The number of hydrogen-bond acceptors (Lipinski definition) is 4. The fourth-order valence-electron chi connectivity index (χ4n) is 2.76. The first kappa shape index (κ1) is 15.6. The zero-order valence-electron chi connectivity index (χ0n) is 12.6. The molecule has 2 amide bonds. The maximum Gasteiger partial charge on any atom is 0.336 e. The van der Waals surface area contributed by atoms with Gasteiger partial charge < -0.3 is 4.90 Å². The van der Waals surface area contributed by atoms with Crippen LogP contribution in [0.2, 0.25) is 5.15 Å². The number of nitrogens with one attached hydrogen (secondary N) is 2. The van der Waals surface area contributed by atoms with Gasteiger partial charge in [0.15, 0.2) is 11.0 Å². The molecule has 0 radical (unpaired) electrons. The van der Waals surface area contributed by atoms with Crippen molar-refractivity contribution in [2.45, 2.75) is 18.8 Å². The van der Waals surface area contributed by atoms with Gasteiger partial charge in [0.1, 0.15) is 0 Å².